The molecule has 178 valence electrons. The molecule has 0 bridgehead atoms. The Morgan fingerprint density at radius 2 is 1.79 bits per heavy atom. The molecule has 0 aliphatic carbocycles. The highest BCUT2D eigenvalue weighted by Crippen LogP contribution is 2.30. The van der Waals surface area contributed by atoms with Crippen LogP contribution in [0, 0.1) is 0 Å². The highest BCUT2D eigenvalue weighted by Gasteiger charge is 2.35. The van der Waals surface area contributed by atoms with Crippen molar-refractivity contribution in [2.24, 2.45) is 0 Å². The molecule has 33 heavy (non-hydrogen) atoms. The van der Waals surface area contributed by atoms with Gasteiger partial charge in [0.1, 0.15) is 10.6 Å². The monoisotopic (exact) mass is 514 g/mol. The van der Waals surface area contributed by atoms with Crippen molar-refractivity contribution in [2.75, 3.05) is 36.4 Å². The van der Waals surface area contributed by atoms with Crippen LogP contribution < -0.4 is 15.5 Å². The molecule has 1 aromatic carbocycles. The smallest absolute Gasteiger partial charge is 0.405 e. The molecular formula is C21H25Cl3N6O3. The number of carbonyl (C=O) groups excluding carboxylic acids is 1. The Morgan fingerprint density at radius 1 is 1.12 bits per heavy atom. The fraction of sp³-hybridized carbons (Fsp3) is 0.429. The van der Waals surface area contributed by atoms with Gasteiger partial charge in [0, 0.05) is 36.2 Å². The second-order valence-electron chi connectivity index (χ2n) is 8.23. The maximum absolute atomic E-state index is 12.7. The van der Waals surface area contributed by atoms with Crippen molar-refractivity contribution in [3.05, 3.63) is 45.0 Å². The second kappa shape index (κ2) is 10.2. The minimum atomic E-state index is -1.24. The lowest BCUT2D eigenvalue weighted by atomic mass is 10.0. The van der Waals surface area contributed by atoms with E-state index in [1.165, 1.54) is 6.20 Å². The first-order chi connectivity index (χ1) is 15.5. The van der Waals surface area contributed by atoms with Gasteiger partial charge >= 0.3 is 6.09 Å². The summed E-state index contributed by atoms with van der Waals surface area (Å²) >= 11 is 18.6. The fourth-order valence-corrected chi connectivity index (χ4v) is 4.29. The minimum Gasteiger partial charge on any atom is -0.465 e. The number of rotatable bonds is 6. The molecule has 1 aromatic heterocycles. The topological polar surface area (TPSA) is 111 Å². The molecule has 1 atom stereocenters. The van der Waals surface area contributed by atoms with E-state index in [2.05, 4.69) is 20.6 Å². The van der Waals surface area contributed by atoms with Crippen LogP contribution in [0.3, 0.4) is 0 Å². The van der Waals surface area contributed by atoms with Gasteiger partial charge in [-0.15, -0.1) is 0 Å². The molecular weight excluding hydrogens is 491 g/mol. The molecule has 1 fully saturated rings. The van der Waals surface area contributed by atoms with Crippen LogP contribution in [0.5, 0.6) is 0 Å². The van der Waals surface area contributed by atoms with Gasteiger partial charge in [-0.3, -0.25) is 4.79 Å². The summed E-state index contributed by atoms with van der Waals surface area (Å²) in [6.45, 7) is 6.84. The van der Waals surface area contributed by atoms with E-state index in [0.29, 0.717) is 53.0 Å². The minimum absolute atomic E-state index is 0.187. The molecule has 0 radical (unpaired) electrons. The highest BCUT2D eigenvalue weighted by molar-refractivity contribution is 6.35. The zero-order valence-electron chi connectivity index (χ0n) is 18.4. The lowest BCUT2D eigenvalue weighted by Crippen LogP contribution is -2.59. The van der Waals surface area contributed by atoms with E-state index in [0.717, 1.165) is 5.56 Å². The summed E-state index contributed by atoms with van der Waals surface area (Å²) in [6, 6.07) is 5.10. The SMILES string of the molecule is CC(Nc1nc(N2CCN(C(=O)C(C)(C)NC(=O)O)CC2)ncc1Cl)c1ccc(Cl)cc1Cl. The number of carbonyl (C=O) groups is 2. The number of nitrogens with zero attached hydrogens (tertiary/aromatic N) is 4. The lowest BCUT2D eigenvalue weighted by molar-refractivity contribution is -0.137. The normalized spacial score (nSPS) is 15.2. The summed E-state index contributed by atoms with van der Waals surface area (Å²) in [5, 5.41) is 15.9. The summed E-state index contributed by atoms with van der Waals surface area (Å²) < 4.78 is 0. The number of aromatic nitrogens is 2. The second-order valence-corrected chi connectivity index (χ2v) is 9.48. The summed E-state index contributed by atoms with van der Waals surface area (Å²) in [4.78, 5) is 36.2. The van der Waals surface area contributed by atoms with Crippen molar-refractivity contribution in [3.63, 3.8) is 0 Å². The number of halogens is 3. The lowest BCUT2D eigenvalue weighted by Gasteiger charge is -2.38. The molecule has 9 nitrogen and oxygen atoms in total. The van der Waals surface area contributed by atoms with E-state index in [9.17, 15) is 9.59 Å². The Bertz CT molecular complexity index is 1040. The average Bonchev–Trinajstić information content (AvgIpc) is 2.74. The van der Waals surface area contributed by atoms with E-state index < -0.39 is 11.6 Å². The van der Waals surface area contributed by atoms with Crippen molar-refractivity contribution in [1.82, 2.24) is 20.2 Å². The highest BCUT2D eigenvalue weighted by atomic mass is 35.5. The Kier molecular flexibility index (Phi) is 7.76. The third-order valence-corrected chi connectivity index (χ3v) is 6.16. The Hall–Kier alpha value is -2.49. The van der Waals surface area contributed by atoms with Crippen molar-refractivity contribution in [2.45, 2.75) is 32.4 Å². The van der Waals surface area contributed by atoms with Crippen LogP contribution in [0.25, 0.3) is 0 Å². The van der Waals surface area contributed by atoms with Gasteiger partial charge in [-0.1, -0.05) is 40.9 Å². The molecule has 1 saturated heterocycles. The zero-order chi connectivity index (χ0) is 24.3. The van der Waals surface area contributed by atoms with Crippen molar-refractivity contribution < 1.29 is 14.7 Å². The molecule has 3 rings (SSSR count). The first-order valence-electron chi connectivity index (χ1n) is 10.3. The first kappa shape index (κ1) is 25.1. The first-order valence-corrected chi connectivity index (χ1v) is 11.4. The van der Waals surface area contributed by atoms with E-state index >= 15 is 0 Å². The van der Waals surface area contributed by atoms with Crippen LogP contribution in [-0.4, -0.2) is 63.7 Å². The average molecular weight is 516 g/mol. The van der Waals surface area contributed by atoms with Crippen LogP contribution in [0.1, 0.15) is 32.4 Å². The number of amides is 2. The maximum atomic E-state index is 12.7. The van der Waals surface area contributed by atoms with Crippen LogP contribution in [0.2, 0.25) is 15.1 Å². The van der Waals surface area contributed by atoms with Crippen molar-refractivity contribution >= 4 is 58.6 Å². The predicted molar refractivity (Wildman–Crippen MR) is 130 cm³/mol. The van der Waals surface area contributed by atoms with Crippen LogP contribution in [0.4, 0.5) is 16.6 Å². The van der Waals surface area contributed by atoms with Gasteiger partial charge in [0.15, 0.2) is 5.82 Å². The summed E-state index contributed by atoms with van der Waals surface area (Å²) in [6.07, 6.45) is 0.288. The molecule has 0 spiro atoms. The molecule has 12 heteroatoms. The van der Waals surface area contributed by atoms with Crippen LogP contribution in [-0.2, 0) is 4.79 Å². The number of hydrogen-bond acceptors (Lipinski definition) is 6. The Labute approximate surface area is 207 Å². The molecule has 1 unspecified atom stereocenters. The fourth-order valence-electron chi connectivity index (χ4n) is 3.57. The van der Waals surface area contributed by atoms with Crippen LogP contribution in [0.15, 0.2) is 24.4 Å². The van der Waals surface area contributed by atoms with Gasteiger partial charge in [0.2, 0.25) is 11.9 Å². The van der Waals surface area contributed by atoms with E-state index in [1.807, 2.05) is 17.9 Å². The third kappa shape index (κ3) is 6.10. The number of hydrogen-bond donors (Lipinski definition) is 3. The molecule has 3 N–H and O–H groups in total. The molecule has 0 saturated carbocycles. The van der Waals surface area contributed by atoms with Gasteiger partial charge in [-0.2, -0.15) is 4.98 Å². The third-order valence-electron chi connectivity index (χ3n) is 5.32. The molecule has 2 aromatic rings. The zero-order valence-corrected chi connectivity index (χ0v) is 20.7. The largest absolute Gasteiger partial charge is 0.465 e. The van der Waals surface area contributed by atoms with Gasteiger partial charge in [-0.05, 0) is 38.5 Å². The van der Waals surface area contributed by atoms with Gasteiger partial charge in [0.25, 0.3) is 0 Å². The van der Waals surface area contributed by atoms with E-state index in [1.54, 1.807) is 30.9 Å². The molecule has 1 aliphatic heterocycles. The van der Waals surface area contributed by atoms with Gasteiger partial charge in [0.05, 0.1) is 12.2 Å². The van der Waals surface area contributed by atoms with Crippen LogP contribution >= 0.6 is 34.8 Å². The Balaban J connectivity index is 1.68. The molecule has 2 heterocycles. The Morgan fingerprint density at radius 3 is 2.39 bits per heavy atom. The van der Waals surface area contributed by atoms with E-state index in [-0.39, 0.29) is 11.9 Å². The predicted octanol–water partition coefficient (Wildman–Crippen LogP) is 4.30. The van der Waals surface area contributed by atoms with Crippen molar-refractivity contribution in [3.8, 4) is 0 Å². The molecule has 1 aliphatic rings. The molecule has 2 amide bonds. The van der Waals surface area contributed by atoms with Gasteiger partial charge < -0.3 is 25.5 Å². The van der Waals surface area contributed by atoms with Crippen molar-refractivity contribution in [1.29, 1.82) is 0 Å². The standard InChI is InChI=1S/C21H25Cl3N6O3/c1-12(14-5-4-13(22)10-15(14)23)26-17-16(24)11-25-19(27-17)30-8-6-29(7-9-30)18(31)21(2,3)28-20(32)33/h4-5,10-12,28H,6-9H2,1-3H3,(H,32,33)(H,25,26,27). The number of benzene rings is 1. The van der Waals surface area contributed by atoms with E-state index in [4.69, 9.17) is 39.9 Å². The number of carboxylic acid groups (broad SMARTS) is 1. The summed E-state index contributed by atoms with van der Waals surface area (Å²) in [5.41, 5.74) is -0.358. The van der Waals surface area contributed by atoms with Gasteiger partial charge in [-0.25, -0.2) is 9.78 Å². The summed E-state index contributed by atoms with van der Waals surface area (Å²) in [7, 11) is 0. The number of anilines is 2. The number of piperazine rings is 1. The quantitative estimate of drug-likeness (QED) is 0.526. The summed E-state index contributed by atoms with van der Waals surface area (Å²) in [5.74, 6) is 0.661. The number of nitrogens with one attached hydrogen (secondary N) is 2. The maximum Gasteiger partial charge on any atom is 0.405 e.